The molecule has 0 amide bonds. The second-order valence-electron chi connectivity index (χ2n) is 6.12. The van der Waals surface area contributed by atoms with Crippen molar-refractivity contribution in [1.82, 2.24) is 0 Å². The van der Waals surface area contributed by atoms with Gasteiger partial charge >= 0.3 is 0 Å². The van der Waals surface area contributed by atoms with Crippen LogP contribution in [0.25, 0.3) is 0 Å². The summed E-state index contributed by atoms with van der Waals surface area (Å²) in [6, 6.07) is 0. The van der Waals surface area contributed by atoms with Crippen molar-refractivity contribution in [2.45, 2.75) is 52.6 Å². The zero-order chi connectivity index (χ0) is 11.9. The third-order valence-corrected chi connectivity index (χ3v) is 4.88. The van der Waals surface area contributed by atoms with Crippen molar-refractivity contribution in [3.05, 3.63) is 23.8 Å². The van der Waals surface area contributed by atoms with E-state index in [0.29, 0.717) is 17.3 Å². The molecule has 0 aromatic rings. The molecule has 1 heteroatoms. The summed E-state index contributed by atoms with van der Waals surface area (Å²) in [5, 5.41) is 10.0. The third kappa shape index (κ3) is 1.86. The predicted octanol–water partition coefficient (Wildman–Crippen LogP) is 3.70. The highest BCUT2D eigenvalue weighted by Crippen LogP contribution is 2.51. The average molecular weight is 220 g/mol. The van der Waals surface area contributed by atoms with Crippen LogP contribution in [0, 0.1) is 17.3 Å². The summed E-state index contributed by atoms with van der Waals surface area (Å²) >= 11 is 0. The van der Waals surface area contributed by atoms with Gasteiger partial charge in [0.15, 0.2) is 0 Å². The number of hydrogen-bond donors (Lipinski definition) is 1. The summed E-state index contributed by atoms with van der Waals surface area (Å²) in [7, 11) is 0. The lowest BCUT2D eigenvalue weighted by molar-refractivity contribution is -0.0204. The Bertz CT molecular complexity index is 328. The Morgan fingerprint density at radius 3 is 2.81 bits per heavy atom. The third-order valence-electron chi connectivity index (χ3n) is 4.88. The van der Waals surface area contributed by atoms with Gasteiger partial charge in [-0.05, 0) is 55.4 Å². The lowest BCUT2D eigenvalue weighted by atomic mass is 9.57. The highest BCUT2D eigenvalue weighted by atomic mass is 16.3. The minimum Gasteiger partial charge on any atom is -0.393 e. The van der Waals surface area contributed by atoms with Crippen LogP contribution in [-0.4, -0.2) is 11.2 Å². The van der Waals surface area contributed by atoms with E-state index < -0.39 is 0 Å². The number of aliphatic hydroxyl groups is 1. The molecule has 0 unspecified atom stereocenters. The van der Waals surface area contributed by atoms with Crippen LogP contribution >= 0.6 is 0 Å². The minimum absolute atomic E-state index is 0.112. The maximum Gasteiger partial charge on any atom is 0.0571 e. The molecule has 16 heavy (non-hydrogen) atoms. The van der Waals surface area contributed by atoms with E-state index in [1.54, 1.807) is 0 Å². The molecular weight excluding hydrogens is 196 g/mol. The molecule has 0 heterocycles. The van der Waals surface area contributed by atoms with Gasteiger partial charge < -0.3 is 5.11 Å². The summed E-state index contributed by atoms with van der Waals surface area (Å²) in [4.78, 5) is 0. The van der Waals surface area contributed by atoms with Gasteiger partial charge in [0.1, 0.15) is 0 Å². The van der Waals surface area contributed by atoms with Crippen LogP contribution in [-0.2, 0) is 0 Å². The first-order valence-electron chi connectivity index (χ1n) is 6.49. The van der Waals surface area contributed by atoms with Crippen molar-refractivity contribution in [2.75, 3.05) is 0 Å². The number of allylic oxidation sites excluding steroid dienone is 3. The monoisotopic (exact) mass is 220 g/mol. The fraction of sp³-hybridized carbons (Fsp3) is 0.733. The van der Waals surface area contributed by atoms with Crippen LogP contribution in [0.5, 0.6) is 0 Å². The average Bonchev–Trinajstić information content (AvgIpc) is 2.24. The van der Waals surface area contributed by atoms with E-state index in [9.17, 15) is 5.11 Å². The van der Waals surface area contributed by atoms with E-state index in [1.165, 1.54) is 30.4 Å². The molecule has 0 radical (unpaired) electrons. The molecule has 2 aliphatic carbocycles. The van der Waals surface area contributed by atoms with Crippen molar-refractivity contribution in [2.24, 2.45) is 17.3 Å². The number of aliphatic hydroxyl groups excluding tert-OH is 1. The Morgan fingerprint density at radius 1 is 1.50 bits per heavy atom. The molecule has 0 aromatic carbocycles. The Kier molecular flexibility index (Phi) is 3.00. The number of fused-ring (bicyclic) bond motifs is 1. The molecule has 1 fully saturated rings. The van der Waals surface area contributed by atoms with Crippen LogP contribution < -0.4 is 0 Å². The summed E-state index contributed by atoms with van der Waals surface area (Å²) in [5.41, 5.74) is 3.04. The van der Waals surface area contributed by atoms with Gasteiger partial charge in [0.05, 0.1) is 6.10 Å². The number of hydrogen-bond acceptors (Lipinski definition) is 1. The lowest BCUT2D eigenvalue weighted by Gasteiger charge is -2.49. The maximum atomic E-state index is 10.0. The van der Waals surface area contributed by atoms with Crippen molar-refractivity contribution >= 4 is 0 Å². The van der Waals surface area contributed by atoms with Gasteiger partial charge in [0, 0.05) is 0 Å². The van der Waals surface area contributed by atoms with Crippen LogP contribution in [0.2, 0.25) is 0 Å². The zero-order valence-corrected chi connectivity index (χ0v) is 10.8. The van der Waals surface area contributed by atoms with Crippen molar-refractivity contribution in [3.63, 3.8) is 0 Å². The maximum absolute atomic E-state index is 10.0. The summed E-state index contributed by atoms with van der Waals surface area (Å²) in [6.07, 6.45) is 6.86. The van der Waals surface area contributed by atoms with Gasteiger partial charge in [-0.1, -0.05) is 32.1 Å². The fourth-order valence-electron chi connectivity index (χ4n) is 3.50. The van der Waals surface area contributed by atoms with E-state index in [4.69, 9.17) is 0 Å². The largest absolute Gasteiger partial charge is 0.393 e. The van der Waals surface area contributed by atoms with E-state index in [0.717, 1.165) is 6.42 Å². The molecular formula is C15H24O. The van der Waals surface area contributed by atoms with Crippen LogP contribution in [0.4, 0.5) is 0 Å². The highest BCUT2D eigenvalue weighted by molar-refractivity contribution is 5.30. The van der Waals surface area contributed by atoms with Crippen molar-refractivity contribution < 1.29 is 5.11 Å². The first kappa shape index (κ1) is 11.9. The van der Waals surface area contributed by atoms with Gasteiger partial charge in [0.25, 0.3) is 0 Å². The number of rotatable bonds is 1. The van der Waals surface area contributed by atoms with Crippen LogP contribution in [0.15, 0.2) is 23.8 Å². The topological polar surface area (TPSA) is 20.2 Å². The minimum atomic E-state index is -0.112. The molecule has 4 atom stereocenters. The van der Waals surface area contributed by atoms with E-state index in [1.807, 2.05) is 0 Å². The molecule has 1 saturated carbocycles. The van der Waals surface area contributed by atoms with Crippen molar-refractivity contribution in [3.8, 4) is 0 Å². The molecule has 90 valence electrons. The molecule has 0 spiro atoms. The van der Waals surface area contributed by atoms with Crippen LogP contribution in [0.1, 0.15) is 46.5 Å². The SMILES string of the molecule is C=C(C)C1=C[C@H]2[C@H](C)[C@@H](O)CC[C@@]2(C)CC1. The Hall–Kier alpha value is -0.560. The van der Waals surface area contributed by atoms with Gasteiger partial charge in [0.2, 0.25) is 0 Å². The second kappa shape index (κ2) is 4.03. The highest BCUT2D eigenvalue weighted by Gasteiger charge is 2.44. The fourth-order valence-corrected chi connectivity index (χ4v) is 3.50. The van der Waals surface area contributed by atoms with Gasteiger partial charge in [-0.25, -0.2) is 0 Å². The molecule has 0 bridgehead atoms. The lowest BCUT2D eigenvalue weighted by Crippen LogP contribution is -2.43. The van der Waals surface area contributed by atoms with E-state index in [2.05, 4.69) is 33.4 Å². The molecule has 0 saturated heterocycles. The normalized spacial score (nSPS) is 43.5. The quantitative estimate of drug-likeness (QED) is 0.714. The first-order valence-corrected chi connectivity index (χ1v) is 6.49. The van der Waals surface area contributed by atoms with Gasteiger partial charge in [-0.3, -0.25) is 0 Å². The van der Waals surface area contributed by atoms with Crippen LogP contribution in [0.3, 0.4) is 0 Å². The molecule has 1 N–H and O–H groups in total. The standard InChI is InChI=1S/C15H24O/c1-10(2)12-5-7-15(4)8-6-14(16)11(3)13(15)9-12/h9,11,13-14,16H,1,5-8H2,2-4H3/t11-,13-,14-,15+/m0/s1. The predicted molar refractivity (Wildman–Crippen MR) is 68.1 cm³/mol. The molecule has 1 nitrogen and oxygen atoms in total. The van der Waals surface area contributed by atoms with Gasteiger partial charge in [-0.15, -0.1) is 0 Å². The van der Waals surface area contributed by atoms with Crippen molar-refractivity contribution in [1.29, 1.82) is 0 Å². The van der Waals surface area contributed by atoms with Gasteiger partial charge in [-0.2, -0.15) is 0 Å². The summed E-state index contributed by atoms with van der Waals surface area (Å²) < 4.78 is 0. The first-order chi connectivity index (χ1) is 7.44. The smallest absolute Gasteiger partial charge is 0.0571 e. The Morgan fingerprint density at radius 2 is 2.19 bits per heavy atom. The second-order valence-corrected chi connectivity index (χ2v) is 6.12. The zero-order valence-electron chi connectivity index (χ0n) is 10.8. The summed E-state index contributed by atoms with van der Waals surface area (Å²) in [6.45, 7) is 10.7. The molecule has 2 rings (SSSR count). The van der Waals surface area contributed by atoms with E-state index in [-0.39, 0.29) is 6.10 Å². The molecule has 2 aliphatic rings. The van der Waals surface area contributed by atoms with E-state index >= 15 is 0 Å². The Balaban J connectivity index is 2.30. The summed E-state index contributed by atoms with van der Waals surface area (Å²) in [5.74, 6) is 0.935. The molecule has 0 aliphatic heterocycles. The Labute approximate surface area is 99.3 Å². The molecule has 0 aromatic heterocycles.